The van der Waals surface area contributed by atoms with E-state index < -0.39 is 34.1 Å². The van der Waals surface area contributed by atoms with Gasteiger partial charge in [-0.05, 0) is 12.5 Å². The molecular weight excluding hydrogens is 309 g/mol. The summed E-state index contributed by atoms with van der Waals surface area (Å²) >= 11 is 0. The van der Waals surface area contributed by atoms with Crippen LogP contribution >= 0.6 is 0 Å². The Hall–Kier alpha value is -2.98. The van der Waals surface area contributed by atoms with Crippen molar-refractivity contribution in [3.8, 4) is 5.69 Å². The average molecular weight is 316 g/mol. The number of hydrogen-bond acceptors (Lipinski definition) is 5. The van der Waals surface area contributed by atoms with Gasteiger partial charge in [0.25, 0.3) is 5.69 Å². The number of hydrogen-bond donors (Lipinski definition) is 1. The summed E-state index contributed by atoms with van der Waals surface area (Å²) < 4.78 is 39.5. The third-order valence-electron chi connectivity index (χ3n) is 2.77. The third-order valence-corrected chi connectivity index (χ3v) is 2.77. The summed E-state index contributed by atoms with van der Waals surface area (Å²) in [6.07, 6.45) is -5.05. The Morgan fingerprint density at radius 3 is 2.55 bits per heavy atom. The van der Waals surface area contributed by atoms with Crippen LogP contribution in [0.1, 0.15) is 21.7 Å². The number of nitro benzene ring substituents is 1. The van der Waals surface area contributed by atoms with Crippen LogP contribution in [0, 0.1) is 17.0 Å². The Kier molecular flexibility index (Phi) is 3.57. The number of nitro groups is 1. The Labute approximate surface area is 119 Å². The normalized spacial score (nSPS) is 11.5. The molecule has 0 fully saturated rings. The van der Waals surface area contributed by atoms with Crippen molar-refractivity contribution in [3.05, 3.63) is 45.3 Å². The minimum absolute atomic E-state index is 0.234. The van der Waals surface area contributed by atoms with Gasteiger partial charge in [-0.25, -0.2) is 9.48 Å². The second-order valence-electron chi connectivity index (χ2n) is 4.23. The third kappa shape index (κ3) is 2.60. The zero-order valence-electron chi connectivity index (χ0n) is 10.8. The fourth-order valence-electron chi connectivity index (χ4n) is 1.79. The largest absolute Gasteiger partial charge is 0.476 e. The number of alkyl halides is 3. The molecule has 0 aliphatic rings. The lowest BCUT2D eigenvalue weighted by molar-refractivity contribution is -0.384. The summed E-state index contributed by atoms with van der Waals surface area (Å²) in [6, 6.07) is 3.21. The Balaban J connectivity index is 2.76. The number of carboxylic acid groups (broad SMARTS) is 1. The summed E-state index contributed by atoms with van der Waals surface area (Å²) in [5.41, 5.74) is -3.39. The highest BCUT2D eigenvalue weighted by atomic mass is 19.4. The van der Waals surface area contributed by atoms with Crippen LogP contribution < -0.4 is 0 Å². The fourth-order valence-corrected chi connectivity index (χ4v) is 1.79. The smallest absolute Gasteiger partial charge is 0.436 e. The van der Waals surface area contributed by atoms with Crippen molar-refractivity contribution in [1.29, 1.82) is 0 Å². The lowest BCUT2D eigenvalue weighted by Crippen LogP contribution is -2.18. The van der Waals surface area contributed by atoms with Crippen molar-refractivity contribution in [2.45, 2.75) is 13.1 Å². The molecule has 1 aromatic carbocycles. The van der Waals surface area contributed by atoms with Crippen LogP contribution in [-0.2, 0) is 6.18 Å². The van der Waals surface area contributed by atoms with Crippen molar-refractivity contribution in [1.82, 2.24) is 15.0 Å². The topological polar surface area (TPSA) is 111 Å². The summed E-state index contributed by atoms with van der Waals surface area (Å²) in [5, 5.41) is 25.7. The van der Waals surface area contributed by atoms with Crippen molar-refractivity contribution in [2.24, 2.45) is 0 Å². The zero-order chi connectivity index (χ0) is 16.7. The Morgan fingerprint density at radius 1 is 1.41 bits per heavy atom. The average Bonchev–Trinajstić information content (AvgIpc) is 2.83. The van der Waals surface area contributed by atoms with Crippen LogP contribution in [0.25, 0.3) is 5.69 Å². The molecule has 2 rings (SSSR count). The number of nitrogens with zero attached hydrogens (tertiary/aromatic N) is 4. The maximum Gasteiger partial charge on any atom is 0.436 e. The molecule has 0 amide bonds. The van der Waals surface area contributed by atoms with E-state index in [0.29, 0.717) is 0 Å². The molecular formula is C11H7F3N4O4. The van der Waals surface area contributed by atoms with Crippen molar-refractivity contribution in [3.63, 3.8) is 0 Å². The van der Waals surface area contributed by atoms with E-state index in [1.54, 1.807) is 0 Å². The van der Waals surface area contributed by atoms with E-state index >= 15 is 0 Å². The number of aromatic nitrogens is 3. The number of carboxylic acids is 1. The highest BCUT2D eigenvalue weighted by molar-refractivity contribution is 5.86. The minimum atomic E-state index is -5.05. The van der Waals surface area contributed by atoms with Crippen molar-refractivity contribution in [2.75, 3.05) is 0 Å². The fraction of sp³-hybridized carbons (Fsp3) is 0.182. The molecule has 11 heteroatoms. The first-order valence-electron chi connectivity index (χ1n) is 5.64. The van der Waals surface area contributed by atoms with Gasteiger partial charge in [-0.3, -0.25) is 10.1 Å². The van der Waals surface area contributed by atoms with Gasteiger partial charge in [0.2, 0.25) is 5.69 Å². The van der Waals surface area contributed by atoms with Gasteiger partial charge in [-0.15, -0.1) is 5.10 Å². The first kappa shape index (κ1) is 15.4. The highest BCUT2D eigenvalue weighted by Crippen LogP contribution is 2.34. The molecule has 116 valence electrons. The molecule has 0 bridgehead atoms. The minimum Gasteiger partial charge on any atom is -0.476 e. The van der Waals surface area contributed by atoms with Gasteiger partial charge in [0.15, 0.2) is 5.69 Å². The van der Waals surface area contributed by atoms with Gasteiger partial charge in [0, 0.05) is 12.1 Å². The SMILES string of the molecule is Cc1ccc([N+](=O)[O-])cc1-n1nnc(C(=O)O)c1C(F)(F)F. The monoisotopic (exact) mass is 316 g/mol. The van der Waals surface area contributed by atoms with E-state index in [1.165, 1.54) is 13.0 Å². The number of carbonyl (C=O) groups is 1. The summed E-state index contributed by atoms with van der Waals surface area (Å²) in [5.74, 6) is -1.90. The van der Waals surface area contributed by atoms with Gasteiger partial charge < -0.3 is 5.11 Å². The van der Waals surface area contributed by atoms with E-state index in [0.717, 1.165) is 12.1 Å². The lowest BCUT2D eigenvalue weighted by atomic mass is 10.1. The van der Waals surface area contributed by atoms with Crippen LogP contribution in [-0.4, -0.2) is 31.0 Å². The maximum atomic E-state index is 13.1. The van der Waals surface area contributed by atoms with Gasteiger partial charge in [-0.1, -0.05) is 11.3 Å². The second-order valence-corrected chi connectivity index (χ2v) is 4.23. The van der Waals surface area contributed by atoms with Crippen LogP contribution in [0.5, 0.6) is 0 Å². The summed E-state index contributed by atoms with van der Waals surface area (Å²) in [4.78, 5) is 20.8. The van der Waals surface area contributed by atoms with Crippen molar-refractivity contribution < 1.29 is 28.0 Å². The molecule has 2 aromatic rings. The quantitative estimate of drug-likeness (QED) is 0.686. The molecule has 0 aliphatic carbocycles. The second kappa shape index (κ2) is 5.09. The number of rotatable bonds is 3. The molecule has 1 N–H and O–H groups in total. The lowest BCUT2D eigenvalue weighted by Gasteiger charge is -2.11. The Morgan fingerprint density at radius 2 is 2.05 bits per heavy atom. The molecule has 0 saturated carbocycles. The zero-order valence-corrected chi connectivity index (χ0v) is 10.8. The van der Waals surface area contributed by atoms with E-state index in [4.69, 9.17) is 5.11 Å². The molecule has 0 radical (unpaired) electrons. The number of non-ortho nitro benzene ring substituents is 1. The van der Waals surface area contributed by atoms with Crippen LogP contribution in [0.4, 0.5) is 18.9 Å². The molecule has 1 heterocycles. The van der Waals surface area contributed by atoms with E-state index in [1.807, 2.05) is 0 Å². The molecule has 0 saturated heterocycles. The predicted octanol–water partition coefficient (Wildman–Crippen LogP) is 2.20. The van der Waals surface area contributed by atoms with Gasteiger partial charge in [0.1, 0.15) is 0 Å². The van der Waals surface area contributed by atoms with E-state index in [9.17, 15) is 28.1 Å². The van der Waals surface area contributed by atoms with Gasteiger partial charge >= 0.3 is 12.1 Å². The number of benzene rings is 1. The molecule has 0 unspecified atom stereocenters. The Bertz CT molecular complexity index is 769. The molecule has 0 spiro atoms. The van der Waals surface area contributed by atoms with E-state index in [-0.39, 0.29) is 15.9 Å². The van der Waals surface area contributed by atoms with Crippen molar-refractivity contribution >= 4 is 11.7 Å². The molecule has 8 nitrogen and oxygen atoms in total. The number of aromatic carboxylic acids is 1. The van der Waals surface area contributed by atoms with Gasteiger partial charge in [0.05, 0.1) is 10.6 Å². The molecule has 0 aliphatic heterocycles. The van der Waals surface area contributed by atoms with Gasteiger partial charge in [-0.2, -0.15) is 13.2 Å². The molecule has 1 aromatic heterocycles. The first-order valence-corrected chi connectivity index (χ1v) is 5.64. The number of halogens is 3. The van der Waals surface area contributed by atoms with Crippen LogP contribution in [0.15, 0.2) is 18.2 Å². The highest BCUT2D eigenvalue weighted by Gasteiger charge is 2.42. The first-order chi connectivity index (χ1) is 10.1. The number of aryl methyl sites for hydroxylation is 1. The summed E-state index contributed by atoms with van der Waals surface area (Å²) in [7, 11) is 0. The molecule has 0 atom stereocenters. The van der Waals surface area contributed by atoms with Crippen LogP contribution in [0.2, 0.25) is 0 Å². The van der Waals surface area contributed by atoms with E-state index in [2.05, 4.69) is 10.3 Å². The predicted molar refractivity (Wildman–Crippen MR) is 64.7 cm³/mol. The van der Waals surface area contributed by atoms with Crippen LogP contribution in [0.3, 0.4) is 0 Å². The molecule has 22 heavy (non-hydrogen) atoms. The standard InChI is InChI=1S/C11H7F3N4O4/c1-5-2-3-6(18(21)22)4-7(5)17-9(11(12,13)14)8(10(19)20)15-16-17/h2-4H,1H3,(H,19,20). The maximum absolute atomic E-state index is 13.1. The summed E-state index contributed by atoms with van der Waals surface area (Å²) in [6.45, 7) is 1.40.